The van der Waals surface area contributed by atoms with Crippen molar-refractivity contribution in [1.29, 1.82) is 0 Å². The van der Waals surface area contributed by atoms with Gasteiger partial charge in [0.2, 0.25) is 0 Å². The van der Waals surface area contributed by atoms with E-state index in [1.165, 1.54) is 0 Å². The van der Waals surface area contributed by atoms with E-state index in [2.05, 4.69) is 43.8 Å². The quantitative estimate of drug-likeness (QED) is 0.711. The molecule has 18 heavy (non-hydrogen) atoms. The number of hydrogen-bond donors (Lipinski definition) is 2. The van der Waals surface area contributed by atoms with Gasteiger partial charge < -0.3 is 10.4 Å². The van der Waals surface area contributed by atoms with E-state index in [9.17, 15) is 4.79 Å². The van der Waals surface area contributed by atoms with Crippen molar-refractivity contribution >= 4 is 44.4 Å². The summed E-state index contributed by atoms with van der Waals surface area (Å²) in [6.07, 6.45) is 1.34. The monoisotopic (exact) mass is 425 g/mol. The van der Waals surface area contributed by atoms with Gasteiger partial charge in [-0.3, -0.25) is 4.79 Å². The molecule has 0 saturated carbocycles. The minimum atomic E-state index is -0.364. The van der Waals surface area contributed by atoms with Crippen LogP contribution in [0.4, 0.5) is 0 Å². The maximum Gasteiger partial charge on any atom is 0.252 e. The minimum absolute atomic E-state index is 0.0696. The first-order valence-corrected chi connectivity index (χ1v) is 7.67. The Morgan fingerprint density at radius 2 is 2.22 bits per heavy atom. The smallest absolute Gasteiger partial charge is 0.252 e. The zero-order valence-electron chi connectivity index (χ0n) is 10.5. The van der Waals surface area contributed by atoms with Crippen molar-refractivity contribution in [3.05, 3.63) is 31.8 Å². The number of aliphatic hydroxyl groups excluding tert-OH is 1. The summed E-state index contributed by atoms with van der Waals surface area (Å²) in [7, 11) is 0. The van der Waals surface area contributed by atoms with Gasteiger partial charge in [-0.2, -0.15) is 0 Å². The number of nitrogens with one attached hydrogen (secondary N) is 1. The lowest BCUT2D eigenvalue weighted by molar-refractivity contribution is 0.0885. The highest BCUT2D eigenvalue weighted by Crippen LogP contribution is 2.20. The highest BCUT2D eigenvalue weighted by atomic mass is 127. The van der Waals surface area contributed by atoms with Crippen molar-refractivity contribution in [3.63, 3.8) is 0 Å². The van der Waals surface area contributed by atoms with E-state index in [0.717, 1.165) is 14.5 Å². The molecule has 0 heterocycles. The fourth-order valence-electron chi connectivity index (χ4n) is 1.59. The van der Waals surface area contributed by atoms with Gasteiger partial charge >= 0.3 is 0 Å². The molecule has 3 nitrogen and oxygen atoms in total. The number of hydrogen-bond acceptors (Lipinski definition) is 2. The number of halogens is 2. The van der Waals surface area contributed by atoms with E-state index >= 15 is 0 Å². The van der Waals surface area contributed by atoms with Crippen LogP contribution >= 0.6 is 38.5 Å². The summed E-state index contributed by atoms with van der Waals surface area (Å²) in [6.45, 7) is 4.02. The number of carbonyl (C=O) groups excluding carboxylic acids is 1. The number of rotatable bonds is 5. The van der Waals surface area contributed by atoms with Crippen molar-refractivity contribution in [2.45, 2.75) is 32.2 Å². The average molecular weight is 426 g/mol. The van der Waals surface area contributed by atoms with Crippen LogP contribution in [0.5, 0.6) is 0 Å². The second-order valence-corrected chi connectivity index (χ2v) is 6.54. The van der Waals surface area contributed by atoms with E-state index in [1.54, 1.807) is 0 Å². The van der Waals surface area contributed by atoms with Gasteiger partial charge in [0.25, 0.3) is 5.91 Å². The molecule has 1 amide bonds. The van der Waals surface area contributed by atoms with E-state index in [0.29, 0.717) is 12.0 Å². The summed E-state index contributed by atoms with van der Waals surface area (Å²) in [5.74, 6) is -0.0986. The van der Waals surface area contributed by atoms with Crippen LogP contribution in [0.2, 0.25) is 0 Å². The fraction of sp³-hybridized carbons (Fsp3) is 0.462. The molecule has 5 heteroatoms. The molecular formula is C13H17BrINO2. The predicted octanol–water partition coefficient (Wildman–Crippen LogP) is 3.33. The molecule has 0 aliphatic rings. The molecule has 0 aliphatic heterocycles. The van der Waals surface area contributed by atoms with Crippen LogP contribution in [-0.2, 0) is 0 Å². The first kappa shape index (κ1) is 15.9. The first-order chi connectivity index (χ1) is 8.41. The highest BCUT2D eigenvalue weighted by molar-refractivity contribution is 14.1. The molecule has 0 aromatic heterocycles. The Bertz CT molecular complexity index is 439. The van der Waals surface area contributed by atoms with Gasteiger partial charge in [0.1, 0.15) is 0 Å². The van der Waals surface area contributed by atoms with Crippen molar-refractivity contribution in [1.82, 2.24) is 5.32 Å². The second-order valence-electron chi connectivity index (χ2n) is 4.47. The molecule has 0 spiro atoms. The van der Waals surface area contributed by atoms with Gasteiger partial charge in [-0.25, -0.2) is 0 Å². The normalized spacial score (nSPS) is 14.1. The maximum atomic E-state index is 12.2. The van der Waals surface area contributed by atoms with Gasteiger partial charge in [-0.1, -0.05) is 22.9 Å². The molecule has 1 unspecified atom stereocenters. The molecule has 1 atom stereocenters. The topological polar surface area (TPSA) is 49.3 Å². The summed E-state index contributed by atoms with van der Waals surface area (Å²) >= 11 is 5.51. The SMILES string of the molecule is CCC(C)(CCO)NC(=O)c1cc(Br)ccc1I. The van der Waals surface area contributed by atoms with Gasteiger partial charge in [-0.15, -0.1) is 0 Å². The van der Waals surface area contributed by atoms with Crippen LogP contribution in [0, 0.1) is 3.57 Å². The number of aliphatic hydroxyl groups is 1. The molecular weight excluding hydrogens is 409 g/mol. The number of benzene rings is 1. The van der Waals surface area contributed by atoms with Crippen molar-refractivity contribution < 1.29 is 9.90 Å². The highest BCUT2D eigenvalue weighted by Gasteiger charge is 2.25. The summed E-state index contributed by atoms with van der Waals surface area (Å²) in [4.78, 5) is 12.2. The molecule has 0 fully saturated rings. The molecule has 2 N–H and O–H groups in total. The summed E-state index contributed by atoms with van der Waals surface area (Å²) in [5.41, 5.74) is 0.291. The standard InChI is InChI=1S/C13H17BrINO2/c1-3-13(2,6-7-17)16-12(18)10-8-9(14)4-5-11(10)15/h4-5,8,17H,3,6-7H2,1-2H3,(H,16,18). The predicted molar refractivity (Wildman–Crippen MR) is 84.7 cm³/mol. The Morgan fingerprint density at radius 3 is 2.78 bits per heavy atom. The number of carbonyl (C=O) groups is 1. The maximum absolute atomic E-state index is 12.2. The van der Waals surface area contributed by atoms with Crippen LogP contribution in [-0.4, -0.2) is 23.2 Å². The van der Waals surface area contributed by atoms with E-state index in [4.69, 9.17) is 5.11 Å². The molecule has 100 valence electrons. The van der Waals surface area contributed by atoms with Gasteiger partial charge in [0, 0.05) is 20.2 Å². The van der Waals surface area contributed by atoms with Crippen LogP contribution in [0.15, 0.2) is 22.7 Å². The Hall–Kier alpha value is -0.140. The molecule has 0 bridgehead atoms. The van der Waals surface area contributed by atoms with Crippen molar-refractivity contribution in [2.75, 3.05) is 6.61 Å². The third-order valence-electron chi connectivity index (χ3n) is 3.03. The zero-order chi connectivity index (χ0) is 13.8. The van der Waals surface area contributed by atoms with Gasteiger partial charge in [-0.05, 0) is 60.6 Å². The third kappa shape index (κ3) is 4.20. The molecule has 1 aromatic carbocycles. The van der Waals surface area contributed by atoms with Crippen LogP contribution in [0.3, 0.4) is 0 Å². The second kappa shape index (κ2) is 6.86. The fourth-order valence-corrected chi connectivity index (χ4v) is 2.53. The molecule has 0 aliphatic carbocycles. The van der Waals surface area contributed by atoms with E-state index in [-0.39, 0.29) is 18.1 Å². The van der Waals surface area contributed by atoms with Crippen LogP contribution in [0.1, 0.15) is 37.0 Å². The van der Waals surface area contributed by atoms with Crippen LogP contribution < -0.4 is 5.32 Å². The third-order valence-corrected chi connectivity index (χ3v) is 4.47. The summed E-state index contributed by atoms with van der Waals surface area (Å²) in [6, 6.07) is 5.62. The van der Waals surface area contributed by atoms with Crippen LogP contribution in [0.25, 0.3) is 0 Å². The summed E-state index contributed by atoms with van der Waals surface area (Å²) < 4.78 is 1.80. The molecule has 0 radical (unpaired) electrons. The summed E-state index contributed by atoms with van der Waals surface area (Å²) in [5, 5.41) is 12.1. The molecule has 1 aromatic rings. The minimum Gasteiger partial charge on any atom is -0.396 e. The van der Waals surface area contributed by atoms with Gasteiger partial charge in [0.15, 0.2) is 0 Å². The zero-order valence-corrected chi connectivity index (χ0v) is 14.2. The molecule has 1 rings (SSSR count). The lowest BCUT2D eigenvalue weighted by atomic mass is 9.94. The van der Waals surface area contributed by atoms with E-state index < -0.39 is 0 Å². The first-order valence-electron chi connectivity index (χ1n) is 5.80. The Balaban J connectivity index is 2.90. The van der Waals surface area contributed by atoms with Crippen molar-refractivity contribution in [2.24, 2.45) is 0 Å². The number of amides is 1. The Morgan fingerprint density at radius 1 is 1.56 bits per heavy atom. The Labute approximate surface area is 130 Å². The lowest BCUT2D eigenvalue weighted by Gasteiger charge is -2.29. The van der Waals surface area contributed by atoms with Crippen molar-refractivity contribution in [3.8, 4) is 0 Å². The molecule has 0 saturated heterocycles. The largest absolute Gasteiger partial charge is 0.396 e. The Kier molecular flexibility index (Phi) is 6.07. The van der Waals surface area contributed by atoms with E-state index in [1.807, 2.05) is 32.0 Å². The lowest BCUT2D eigenvalue weighted by Crippen LogP contribution is -2.46. The van der Waals surface area contributed by atoms with Gasteiger partial charge in [0.05, 0.1) is 5.56 Å². The average Bonchev–Trinajstić information content (AvgIpc) is 2.32.